The number of benzene rings is 2. The Morgan fingerprint density at radius 2 is 1.66 bits per heavy atom. The van der Waals surface area contributed by atoms with Crippen molar-refractivity contribution < 1.29 is 14.6 Å². The van der Waals surface area contributed by atoms with Crippen LogP contribution in [0, 0.1) is 13.8 Å². The second kappa shape index (κ2) is 13.5. The Bertz CT molecular complexity index is 1760. The lowest BCUT2D eigenvalue weighted by molar-refractivity contribution is -0.119. The van der Waals surface area contributed by atoms with Gasteiger partial charge in [0.15, 0.2) is 0 Å². The van der Waals surface area contributed by atoms with Crippen molar-refractivity contribution in [2.75, 3.05) is 26.7 Å². The van der Waals surface area contributed by atoms with Crippen molar-refractivity contribution in [2.45, 2.75) is 83.6 Å². The number of nitrogens with one attached hydrogen (secondary N) is 2. The van der Waals surface area contributed by atoms with Crippen LogP contribution < -0.4 is 15.4 Å². The van der Waals surface area contributed by atoms with Crippen LogP contribution in [0.1, 0.15) is 67.1 Å². The summed E-state index contributed by atoms with van der Waals surface area (Å²) in [5, 5.41) is 21.6. The first-order valence-corrected chi connectivity index (χ1v) is 17.0. The molecule has 2 saturated heterocycles. The third kappa shape index (κ3) is 6.42. The largest absolute Gasteiger partial charge is 0.480 e. The Morgan fingerprint density at radius 3 is 2.34 bits per heavy atom. The quantitative estimate of drug-likeness (QED) is 0.236. The van der Waals surface area contributed by atoms with Gasteiger partial charge in [0.05, 0.1) is 42.5 Å². The average molecular weight is 636 g/mol. The third-order valence-electron chi connectivity index (χ3n) is 10.2. The molecule has 2 aromatic carbocycles. The number of likely N-dealkylation sites (tertiary alicyclic amines) is 1. The van der Waals surface area contributed by atoms with Crippen LogP contribution in [-0.2, 0) is 17.9 Å². The second-order valence-corrected chi connectivity index (χ2v) is 13.2. The highest BCUT2D eigenvalue weighted by Crippen LogP contribution is 2.39. The van der Waals surface area contributed by atoms with Gasteiger partial charge in [-0.3, -0.25) is 19.4 Å². The van der Waals surface area contributed by atoms with Crippen molar-refractivity contribution in [3.63, 3.8) is 0 Å². The molecular formula is C37H45N7O3. The zero-order valence-corrected chi connectivity index (χ0v) is 27.6. The van der Waals surface area contributed by atoms with E-state index in [2.05, 4.69) is 76.5 Å². The first-order valence-electron chi connectivity index (χ1n) is 17.0. The number of piperidine rings is 1. The number of methoxy groups -OCH3 is 1. The summed E-state index contributed by atoms with van der Waals surface area (Å²) in [5.41, 5.74) is 10.6. The van der Waals surface area contributed by atoms with E-state index in [1.165, 1.54) is 16.8 Å². The minimum Gasteiger partial charge on any atom is -0.480 e. The van der Waals surface area contributed by atoms with Crippen LogP contribution in [0.15, 0.2) is 48.7 Å². The van der Waals surface area contributed by atoms with E-state index in [1.54, 1.807) is 7.11 Å². The molecule has 47 heavy (non-hydrogen) atoms. The zero-order chi connectivity index (χ0) is 32.5. The minimum atomic E-state index is -0.169. The van der Waals surface area contributed by atoms with Gasteiger partial charge < -0.3 is 20.5 Å². The summed E-state index contributed by atoms with van der Waals surface area (Å²) in [6.45, 7) is 8.35. The van der Waals surface area contributed by atoms with Crippen LogP contribution in [0.25, 0.3) is 33.6 Å². The molecule has 3 N–H and O–H groups in total. The maximum absolute atomic E-state index is 11.5. The van der Waals surface area contributed by atoms with E-state index in [0.29, 0.717) is 31.4 Å². The van der Waals surface area contributed by atoms with Crippen molar-refractivity contribution in [2.24, 2.45) is 0 Å². The summed E-state index contributed by atoms with van der Waals surface area (Å²) in [6.07, 6.45) is 7.04. The average Bonchev–Trinajstić information content (AvgIpc) is 3.71. The van der Waals surface area contributed by atoms with Crippen LogP contribution in [0.3, 0.4) is 0 Å². The predicted octanol–water partition coefficient (Wildman–Crippen LogP) is 4.96. The summed E-state index contributed by atoms with van der Waals surface area (Å²) in [4.78, 5) is 23.7. The minimum absolute atomic E-state index is 0.114. The number of carbonyl (C=O) groups is 1. The van der Waals surface area contributed by atoms with E-state index in [4.69, 9.17) is 19.8 Å². The van der Waals surface area contributed by atoms with Gasteiger partial charge in [-0.25, -0.2) is 4.98 Å². The molecule has 0 saturated carbocycles. The van der Waals surface area contributed by atoms with Crippen LogP contribution in [0.5, 0.6) is 5.88 Å². The molecule has 10 heteroatoms. The zero-order valence-electron chi connectivity index (χ0n) is 27.6. The topological polar surface area (TPSA) is 117 Å². The van der Waals surface area contributed by atoms with Crippen molar-refractivity contribution >= 4 is 5.91 Å². The lowest BCUT2D eigenvalue weighted by Gasteiger charge is -2.38. The van der Waals surface area contributed by atoms with E-state index in [1.807, 2.05) is 6.20 Å². The summed E-state index contributed by atoms with van der Waals surface area (Å²) >= 11 is 0. The van der Waals surface area contributed by atoms with Gasteiger partial charge in [0, 0.05) is 56.3 Å². The fourth-order valence-electron chi connectivity index (χ4n) is 7.58. The Hall–Kier alpha value is -4.12. The molecule has 7 rings (SSSR count). The van der Waals surface area contributed by atoms with Crippen molar-refractivity contribution in [3.05, 3.63) is 71.2 Å². The van der Waals surface area contributed by atoms with Crippen LogP contribution in [0.2, 0.25) is 0 Å². The van der Waals surface area contributed by atoms with E-state index in [9.17, 15) is 9.90 Å². The number of hydrogen-bond donors (Lipinski definition) is 3. The molecule has 0 bridgehead atoms. The fraction of sp³-hybridized carbons (Fsp3) is 0.459. The molecule has 0 radical (unpaired) electrons. The van der Waals surface area contributed by atoms with Crippen molar-refractivity contribution in [1.29, 1.82) is 0 Å². The highest BCUT2D eigenvalue weighted by atomic mass is 16.5. The molecule has 10 nitrogen and oxygen atoms in total. The normalized spacial score (nSPS) is 20.3. The number of aromatic nitrogens is 4. The maximum atomic E-state index is 11.5. The highest BCUT2D eigenvalue weighted by molar-refractivity contribution is 5.82. The van der Waals surface area contributed by atoms with E-state index in [-0.39, 0.29) is 18.1 Å². The number of ether oxygens (including phenoxy) is 1. The van der Waals surface area contributed by atoms with Gasteiger partial charge in [0.25, 0.3) is 0 Å². The molecule has 3 aliphatic rings. The Balaban J connectivity index is 1.14. The summed E-state index contributed by atoms with van der Waals surface area (Å²) < 4.78 is 7.88. The van der Waals surface area contributed by atoms with E-state index >= 15 is 0 Å². The Kier molecular flexibility index (Phi) is 9.07. The molecule has 1 amide bonds. The monoisotopic (exact) mass is 635 g/mol. The first-order chi connectivity index (χ1) is 22.9. The molecule has 2 aromatic heterocycles. The van der Waals surface area contributed by atoms with Gasteiger partial charge in [-0.2, -0.15) is 5.10 Å². The molecular weight excluding hydrogens is 590 g/mol. The van der Waals surface area contributed by atoms with Crippen LogP contribution in [-0.4, -0.2) is 74.6 Å². The lowest BCUT2D eigenvalue weighted by Crippen LogP contribution is -2.40. The number of rotatable bonds is 9. The van der Waals surface area contributed by atoms with Gasteiger partial charge in [-0.05, 0) is 74.3 Å². The molecule has 4 aromatic rings. The summed E-state index contributed by atoms with van der Waals surface area (Å²) in [5.74, 6) is 0.610. The standard InChI is InChI=1S/C37H45N7O3/c1-23-27(7-4-9-29(23)31-19-35-34(11-6-16-44(35)42-31)43-17-14-26(45)15-18-43)28-8-5-10-30(24(28)2)32-22-39-33(37(41-32)47-3)21-38-20-25-12-13-36(46)40-25/h4-5,7-10,19,22,25-26,34,38,45H,6,11-18,20-21H2,1-3H3,(H,40,46)/t25-,34?/m0/s1. The molecule has 3 aliphatic heterocycles. The molecule has 2 fully saturated rings. The Labute approximate surface area is 276 Å². The summed E-state index contributed by atoms with van der Waals surface area (Å²) in [7, 11) is 1.62. The van der Waals surface area contributed by atoms with Gasteiger partial charge in [-0.1, -0.05) is 36.4 Å². The molecule has 0 spiro atoms. The highest BCUT2D eigenvalue weighted by Gasteiger charge is 2.31. The number of nitrogens with zero attached hydrogens (tertiary/aromatic N) is 5. The van der Waals surface area contributed by atoms with Gasteiger partial charge in [0.1, 0.15) is 5.69 Å². The number of aliphatic hydroxyl groups excluding tert-OH is 1. The van der Waals surface area contributed by atoms with E-state index in [0.717, 1.165) is 91.1 Å². The second-order valence-electron chi connectivity index (χ2n) is 13.2. The molecule has 5 heterocycles. The molecule has 246 valence electrons. The molecule has 2 atom stereocenters. The number of fused-ring (bicyclic) bond motifs is 1. The first kappa shape index (κ1) is 31.5. The predicted molar refractivity (Wildman–Crippen MR) is 182 cm³/mol. The number of carbonyl (C=O) groups excluding carboxylic acids is 1. The van der Waals surface area contributed by atoms with Crippen LogP contribution in [0.4, 0.5) is 0 Å². The SMILES string of the molecule is COc1nc(-c2cccc(-c3cccc(-c4cc5n(n4)CCCC5N4CCC(O)CC4)c3C)c2C)cnc1CNC[C@@H]1CCC(=O)N1. The number of amides is 1. The number of hydrogen-bond acceptors (Lipinski definition) is 8. The van der Waals surface area contributed by atoms with Gasteiger partial charge >= 0.3 is 0 Å². The van der Waals surface area contributed by atoms with Gasteiger partial charge in [-0.15, -0.1) is 0 Å². The number of aryl methyl sites for hydroxylation is 1. The van der Waals surface area contributed by atoms with Gasteiger partial charge in [0.2, 0.25) is 11.8 Å². The Morgan fingerprint density at radius 1 is 0.957 bits per heavy atom. The number of aliphatic hydroxyl groups is 1. The van der Waals surface area contributed by atoms with E-state index < -0.39 is 0 Å². The smallest absolute Gasteiger partial charge is 0.237 e. The molecule has 1 unspecified atom stereocenters. The molecule has 0 aliphatic carbocycles. The summed E-state index contributed by atoms with van der Waals surface area (Å²) in [6, 6.07) is 15.7. The van der Waals surface area contributed by atoms with Crippen molar-refractivity contribution in [3.8, 4) is 39.5 Å². The third-order valence-corrected chi connectivity index (χ3v) is 10.2. The van der Waals surface area contributed by atoms with Crippen LogP contribution >= 0.6 is 0 Å². The van der Waals surface area contributed by atoms with Crippen molar-refractivity contribution in [1.82, 2.24) is 35.3 Å². The maximum Gasteiger partial charge on any atom is 0.237 e. The fourth-order valence-corrected chi connectivity index (χ4v) is 7.58. The lowest BCUT2D eigenvalue weighted by atomic mass is 9.90.